The highest BCUT2D eigenvalue weighted by Crippen LogP contribution is 1.82. The summed E-state index contributed by atoms with van der Waals surface area (Å²) in [5.74, 6) is 0. The molecule has 0 aliphatic heterocycles. The van der Waals surface area contributed by atoms with Crippen molar-refractivity contribution in [3.63, 3.8) is 0 Å². The van der Waals surface area contributed by atoms with E-state index in [4.69, 9.17) is 5.11 Å². The molecular weight excluding hydrogens is 100 g/mol. The van der Waals surface area contributed by atoms with Crippen molar-refractivity contribution in [3.05, 3.63) is 12.7 Å². The highest BCUT2D eigenvalue weighted by molar-refractivity contribution is 4.63. The fourth-order valence-corrected chi connectivity index (χ4v) is 0.204. The molecule has 0 radical (unpaired) electrons. The highest BCUT2D eigenvalue weighted by Gasteiger charge is 1.61. The molecule has 0 saturated heterocycles. The molecule has 0 fully saturated rings. The van der Waals surface area contributed by atoms with E-state index in [1.807, 2.05) is 6.08 Å². The van der Waals surface area contributed by atoms with Gasteiger partial charge in [0.05, 0.1) is 0 Å². The Labute approximate surface area is 52.0 Å². The summed E-state index contributed by atoms with van der Waals surface area (Å²) in [5.41, 5.74) is 0. The SMILES string of the molecule is C=CCCC.CCO. The van der Waals surface area contributed by atoms with Crippen LogP contribution in [-0.4, -0.2) is 11.7 Å². The van der Waals surface area contributed by atoms with Gasteiger partial charge in [-0.1, -0.05) is 19.4 Å². The van der Waals surface area contributed by atoms with Gasteiger partial charge in [-0.15, -0.1) is 6.58 Å². The number of aliphatic hydroxyl groups excluding tert-OH is 1. The van der Waals surface area contributed by atoms with Crippen LogP contribution in [0.1, 0.15) is 26.7 Å². The third kappa shape index (κ3) is 43.6. The van der Waals surface area contributed by atoms with Gasteiger partial charge in [-0.2, -0.15) is 0 Å². The average molecular weight is 116 g/mol. The molecule has 0 aromatic carbocycles. The largest absolute Gasteiger partial charge is 0.397 e. The molecule has 50 valence electrons. The van der Waals surface area contributed by atoms with Crippen molar-refractivity contribution in [1.82, 2.24) is 0 Å². The van der Waals surface area contributed by atoms with Gasteiger partial charge in [-0.3, -0.25) is 0 Å². The number of unbranched alkanes of at least 4 members (excludes halogenated alkanes) is 1. The Morgan fingerprint density at radius 3 is 1.88 bits per heavy atom. The van der Waals surface area contributed by atoms with E-state index in [1.165, 1.54) is 6.42 Å². The Hall–Kier alpha value is -0.300. The van der Waals surface area contributed by atoms with Gasteiger partial charge < -0.3 is 5.11 Å². The lowest BCUT2D eigenvalue weighted by Gasteiger charge is -1.72. The van der Waals surface area contributed by atoms with E-state index in [1.54, 1.807) is 6.92 Å². The molecule has 0 saturated carbocycles. The molecule has 0 aliphatic rings. The molecule has 0 bridgehead atoms. The zero-order chi connectivity index (χ0) is 6.83. The van der Waals surface area contributed by atoms with Gasteiger partial charge >= 0.3 is 0 Å². The Kier molecular flexibility index (Phi) is 21.1. The summed E-state index contributed by atoms with van der Waals surface area (Å²) in [6, 6.07) is 0. The Morgan fingerprint density at radius 1 is 1.50 bits per heavy atom. The maximum Gasteiger partial charge on any atom is 0.0402 e. The minimum Gasteiger partial charge on any atom is -0.397 e. The second kappa shape index (κ2) is 15.9. The van der Waals surface area contributed by atoms with E-state index in [0.29, 0.717) is 0 Å². The van der Waals surface area contributed by atoms with Gasteiger partial charge in [0.2, 0.25) is 0 Å². The first kappa shape index (κ1) is 10.6. The molecule has 1 N–H and O–H groups in total. The third-order valence-corrected chi connectivity index (χ3v) is 0.493. The van der Waals surface area contributed by atoms with Crippen molar-refractivity contribution in [2.75, 3.05) is 6.61 Å². The van der Waals surface area contributed by atoms with Crippen LogP contribution in [0, 0.1) is 0 Å². The normalized spacial score (nSPS) is 6.88. The predicted octanol–water partition coefficient (Wildman–Crippen LogP) is 1.97. The average Bonchev–Trinajstić information content (AvgIpc) is 1.71. The zero-order valence-electron chi connectivity index (χ0n) is 5.85. The van der Waals surface area contributed by atoms with E-state index >= 15 is 0 Å². The van der Waals surface area contributed by atoms with Crippen LogP contribution in [0.25, 0.3) is 0 Å². The summed E-state index contributed by atoms with van der Waals surface area (Å²) in [5, 5.41) is 7.57. The molecule has 0 spiro atoms. The van der Waals surface area contributed by atoms with Gasteiger partial charge in [-0.25, -0.2) is 0 Å². The molecule has 1 heteroatoms. The molecule has 1 nitrogen and oxygen atoms in total. The van der Waals surface area contributed by atoms with Gasteiger partial charge in [0.15, 0.2) is 0 Å². The van der Waals surface area contributed by atoms with Crippen LogP contribution in [0.5, 0.6) is 0 Å². The maximum atomic E-state index is 7.57. The van der Waals surface area contributed by atoms with Crippen LogP contribution in [0.3, 0.4) is 0 Å². The lowest BCUT2D eigenvalue weighted by molar-refractivity contribution is 0.318. The van der Waals surface area contributed by atoms with Crippen molar-refractivity contribution in [2.45, 2.75) is 26.7 Å². The number of rotatable bonds is 2. The Bertz CT molecular complexity index is 33.4. The van der Waals surface area contributed by atoms with E-state index in [2.05, 4.69) is 13.5 Å². The monoisotopic (exact) mass is 116 g/mol. The highest BCUT2D eigenvalue weighted by atomic mass is 16.2. The van der Waals surface area contributed by atoms with E-state index in [-0.39, 0.29) is 6.61 Å². The summed E-state index contributed by atoms with van der Waals surface area (Å²) < 4.78 is 0. The predicted molar refractivity (Wildman–Crippen MR) is 37.9 cm³/mol. The topological polar surface area (TPSA) is 20.2 Å². The number of aliphatic hydroxyl groups is 1. The van der Waals surface area contributed by atoms with Crippen LogP contribution in [0.2, 0.25) is 0 Å². The molecule has 0 aromatic heterocycles. The minimum atomic E-state index is 0.250. The molecular formula is C7H16O. The summed E-state index contributed by atoms with van der Waals surface area (Å²) in [6.07, 6.45) is 4.31. The van der Waals surface area contributed by atoms with Gasteiger partial charge in [0.25, 0.3) is 0 Å². The second-order valence-corrected chi connectivity index (χ2v) is 1.39. The van der Waals surface area contributed by atoms with E-state index in [9.17, 15) is 0 Å². The van der Waals surface area contributed by atoms with Crippen LogP contribution >= 0.6 is 0 Å². The molecule has 0 unspecified atom stereocenters. The summed E-state index contributed by atoms with van der Waals surface area (Å²) in [4.78, 5) is 0. The number of hydrogen-bond donors (Lipinski definition) is 1. The van der Waals surface area contributed by atoms with Crippen molar-refractivity contribution >= 4 is 0 Å². The second-order valence-electron chi connectivity index (χ2n) is 1.39. The van der Waals surface area contributed by atoms with Crippen LogP contribution in [0.4, 0.5) is 0 Å². The Balaban J connectivity index is 0. The van der Waals surface area contributed by atoms with Gasteiger partial charge in [-0.05, 0) is 13.3 Å². The minimum absolute atomic E-state index is 0.250. The van der Waals surface area contributed by atoms with Gasteiger partial charge in [0.1, 0.15) is 0 Å². The number of hydrogen-bond acceptors (Lipinski definition) is 1. The first-order valence-electron chi connectivity index (χ1n) is 3.05. The lowest BCUT2D eigenvalue weighted by Crippen LogP contribution is -1.57. The van der Waals surface area contributed by atoms with E-state index < -0.39 is 0 Å². The number of allylic oxidation sites excluding steroid dienone is 1. The van der Waals surface area contributed by atoms with Crippen LogP contribution in [-0.2, 0) is 0 Å². The quantitative estimate of drug-likeness (QED) is 0.547. The first-order valence-corrected chi connectivity index (χ1v) is 3.05. The van der Waals surface area contributed by atoms with Crippen LogP contribution < -0.4 is 0 Å². The van der Waals surface area contributed by atoms with Crippen molar-refractivity contribution < 1.29 is 5.11 Å². The fraction of sp³-hybridized carbons (Fsp3) is 0.714. The molecule has 0 amide bonds. The summed E-state index contributed by atoms with van der Waals surface area (Å²) in [6.45, 7) is 7.62. The summed E-state index contributed by atoms with van der Waals surface area (Å²) in [7, 11) is 0. The molecule has 0 rings (SSSR count). The smallest absolute Gasteiger partial charge is 0.0402 e. The lowest BCUT2D eigenvalue weighted by atomic mass is 10.3. The maximum absolute atomic E-state index is 7.57. The van der Waals surface area contributed by atoms with Crippen molar-refractivity contribution in [1.29, 1.82) is 0 Å². The molecule has 0 aliphatic carbocycles. The first-order chi connectivity index (χ1) is 3.83. The van der Waals surface area contributed by atoms with Gasteiger partial charge in [0, 0.05) is 6.61 Å². The summed E-state index contributed by atoms with van der Waals surface area (Å²) >= 11 is 0. The van der Waals surface area contributed by atoms with E-state index in [0.717, 1.165) is 6.42 Å². The third-order valence-electron chi connectivity index (χ3n) is 0.493. The molecule has 8 heavy (non-hydrogen) atoms. The van der Waals surface area contributed by atoms with Crippen LogP contribution in [0.15, 0.2) is 12.7 Å². The standard InChI is InChI=1S/C5H10.C2H6O/c1-3-5-4-2;1-2-3/h3H,1,4-5H2,2H3;3H,2H2,1H3. The van der Waals surface area contributed by atoms with Crippen molar-refractivity contribution in [3.8, 4) is 0 Å². The zero-order valence-corrected chi connectivity index (χ0v) is 5.85. The molecule has 0 heterocycles. The molecule has 0 atom stereocenters. The Morgan fingerprint density at radius 2 is 1.88 bits per heavy atom. The van der Waals surface area contributed by atoms with Crippen molar-refractivity contribution in [2.24, 2.45) is 0 Å². The fourth-order valence-electron chi connectivity index (χ4n) is 0.204. The molecule has 0 aromatic rings.